The van der Waals surface area contributed by atoms with Crippen LogP contribution in [0.1, 0.15) is 44.7 Å². The van der Waals surface area contributed by atoms with Gasteiger partial charge < -0.3 is 10.6 Å². The van der Waals surface area contributed by atoms with Gasteiger partial charge in [-0.25, -0.2) is 4.79 Å². The first kappa shape index (κ1) is 33.2. The van der Waals surface area contributed by atoms with Gasteiger partial charge in [0.1, 0.15) is 16.3 Å². The van der Waals surface area contributed by atoms with Crippen LogP contribution in [0.15, 0.2) is 143 Å². The van der Waals surface area contributed by atoms with Crippen LogP contribution in [-0.2, 0) is 17.6 Å². The molecular weight excluding hydrogens is 689 g/mol. The van der Waals surface area contributed by atoms with Crippen molar-refractivity contribution in [2.75, 3.05) is 15.5 Å². The smallest absolute Gasteiger partial charge is 0.315 e. The standard InChI is InChI=1S/C42H34N4O2S3/c43-26-33-32-23-22-29(27-12-3-1-4-13-27)24-38(32)51-41(33)45-40(47)39(28-14-5-2-6-15-28)49-31-17-11-16-30(25-31)44-42(48)46-34-18-7-9-20-36(34)50-37-21-10-8-19-35(37)46/h1-21,25,29,34,36,39H,22-24H2,(H,44,48)(H,45,47). The van der Waals surface area contributed by atoms with Gasteiger partial charge in [-0.15, -0.1) is 34.9 Å². The fourth-order valence-corrected chi connectivity index (χ4v) is 10.7. The summed E-state index contributed by atoms with van der Waals surface area (Å²) in [5.41, 5.74) is 5.34. The van der Waals surface area contributed by atoms with Gasteiger partial charge in [-0.1, -0.05) is 103 Å². The Hall–Kier alpha value is -5.01. The molecule has 4 atom stereocenters. The van der Waals surface area contributed by atoms with Crippen molar-refractivity contribution in [3.05, 3.63) is 161 Å². The number of hydrogen-bond donors (Lipinski definition) is 2. The highest BCUT2D eigenvalue weighted by Crippen LogP contribution is 2.45. The van der Waals surface area contributed by atoms with E-state index in [1.807, 2.05) is 95.9 Å². The largest absolute Gasteiger partial charge is 0.326 e. The van der Waals surface area contributed by atoms with E-state index in [0.29, 0.717) is 22.2 Å². The molecule has 3 aliphatic rings. The number of nitriles is 1. The molecule has 1 aromatic heterocycles. The molecule has 8 rings (SSSR count). The number of amides is 3. The van der Waals surface area contributed by atoms with Crippen LogP contribution in [0, 0.1) is 11.3 Å². The number of thiophene rings is 1. The number of thioether (sulfide) groups is 2. The zero-order valence-corrected chi connectivity index (χ0v) is 30.0. The molecule has 0 saturated heterocycles. The van der Waals surface area contributed by atoms with Crippen LogP contribution >= 0.6 is 34.9 Å². The van der Waals surface area contributed by atoms with E-state index in [9.17, 15) is 14.9 Å². The minimum atomic E-state index is -0.592. The Balaban J connectivity index is 1.02. The lowest BCUT2D eigenvalue weighted by molar-refractivity contribution is -0.115. The number of benzene rings is 4. The molecule has 6 nitrogen and oxygen atoms in total. The molecule has 5 aromatic rings. The molecule has 0 bridgehead atoms. The number of fused-ring (bicyclic) bond motifs is 3. The van der Waals surface area contributed by atoms with Crippen molar-refractivity contribution in [1.29, 1.82) is 5.26 Å². The predicted molar refractivity (Wildman–Crippen MR) is 210 cm³/mol. The summed E-state index contributed by atoms with van der Waals surface area (Å²) in [6, 6.07) is 37.9. The van der Waals surface area contributed by atoms with Crippen molar-refractivity contribution in [3.63, 3.8) is 0 Å². The maximum absolute atomic E-state index is 14.2. The van der Waals surface area contributed by atoms with Crippen LogP contribution in [0.25, 0.3) is 0 Å². The van der Waals surface area contributed by atoms with Crippen LogP contribution in [0.4, 0.5) is 21.2 Å². The maximum atomic E-state index is 14.2. The van der Waals surface area contributed by atoms with Crippen molar-refractivity contribution >= 4 is 63.2 Å². The Morgan fingerprint density at radius 2 is 1.65 bits per heavy atom. The first-order valence-corrected chi connectivity index (χ1v) is 19.6. The lowest BCUT2D eigenvalue weighted by Crippen LogP contribution is -2.49. The van der Waals surface area contributed by atoms with Gasteiger partial charge in [0.05, 0.1) is 22.5 Å². The second-order valence-electron chi connectivity index (χ2n) is 12.7. The number of carbonyl (C=O) groups is 2. The molecule has 4 unspecified atom stereocenters. The van der Waals surface area contributed by atoms with E-state index in [4.69, 9.17) is 0 Å². The van der Waals surface area contributed by atoms with E-state index in [1.165, 1.54) is 33.5 Å². The third-order valence-electron chi connectivity index (χ3n) is 9.53. The number of rotatable bonds is 7. The van der Waals surface area contributed by atoms with E-state index in [1.54, 1.807) is 11.8 Å². The average molecular weight is 723 g/mol. The van der Waals surface area contributed by atoms with Crippen LogP contribution in [-0.4, -0.2) is 23.2 Å². The Morgan fingerprint density at radius 3 is 2.47 bits per heavy atom. The summed E-state index contributed by atoms with van der Waals surface area (Å²) < 4.78 is 0. The third-order valence-corrected chi connectivity index (χ3v) is 13.3. The van der Waals surface area contributed by atoms with Crippen molar-refractivity contribution in [1.82, 2.24) is 0 Å². The fourth-order valence-electron chi connectivity index (χ4n) is 7.07. The molecule has 2 heterocycles. The van der Waals surface area contributed by atoms with E-state index < -0.39 is 5.25 Å². The van der Waals surface area contributed by atoms with Crippen LogP contribution in [0.3, 0.4) is 0 Å². The summed E-state index contributed by atoms with van der Waals surface area (Å²) in [4.78, 5) is 33.0. The zero-order chi connectivity index (χ0) is 34.7. The molecule has 1 aliphatic heterocycles. The molecule has 0 spiro atoms. The summed E-state index contributed by atoms with van der Waals surface area (Å²) in [5, 5.41) is 16.7. The number of allylic oxidation sites excluding steroid dienone is 2. The van der Waals surface area contributed by atoms with Gasteiger partial charge in [-0.05, 0) is 72.2 Å². The summed E-state index contributed by atoms with van der Waals surface area (Å²) in [6.45, 7) is 0. The van der Waals surface area contributed by atoms with Crippen LogP contribution < -0.4 is 15.5 Å². The van der Waals surface area contributed by atoms with E-state index in [-0.39, 0.29) is 23.2 Å². The van der Waals surface area contributed by atoms with Crippen LogP contribution in [0.2, 0.25) is 0 Å². The van der Waals surface area contributed by atoms with Gasteiger partial charge >= 0.3 is 6.03 Å². The van der Waals surface area contributed by atoms with Gasteiger partial charge in [0.2, 0.25) is 5.91 Å². The normalized spacial score (nSPS) is 19.2. The number of carbonyl (C=O) groups excluding carboxylic acids is 2. The Labute approximate surface area is 310 Å². The van der Waals surface area contributed by atoms with E-state index in [2.05, 4.69) is 59.2 Å². The molecule has 0 radical (unpaired) electrons. The number of hydrogen-bond acceptors (Lipinski definition) is 6. The molecule has 0 saturated carbocycles. The second-order valence-corrected chi connectivity index (χ2v) is 16.2. The highest BCUT2D eigenvalue weighted by Gasteiger charge is 2.37. The van der Waals surface area contributed by atoms with Crippen molar-refractivity contribution in [3.8, 4) is 6.07 Å². The molecular formula is C42H34N4O2S3. The number of urea groups is 1. The maximum Gasteiger partial charge on any atom is 0.326 e. The predicted octanol–water partition coefficient (Wildman–Crippen LogP) is 10.4. The second kappa shape index (κ2) is 14.7. The lowest BCUT2D eigenvalue weighted by Gasteiger charge is -2.40. The lowest BCUT2D eigenvalue weighted by atomic mass is 9.83. The van der Waals surface area contributed by atoms with E-state index in [0.717, 1.165) is 45.9 Å². The summed E-state index contributed by atoms with van der Waals surface area (Å²) in [6.07, 6.45) is 10.9. The van der Waals surface area contributed by atoms with Crippen molar-refractivity contribution in [2.24, 2.45) is 0 Å². The zero-order valence-electron chi connectivity index (χ0n) is 27.6. The van der Waals surface area contributed by atoms with Crippen LogP contribution in [0.5, 0.6) is 0 Å². The van der Waals surface area contributed by atoms with Gasteiger partial charge in [-0.2, -0.15) is 5.26 Å². The topological polar surface area (TPSA) is 85.2 Å². The summed E-state index contributed by atoms with van der Waals surface area (Å²) in [7, 11) is 0. The average Bonchev–Trinajstić information content (AvgIpc) is 3.52. The molecule has 51 heavy (non-hydrogen) atoms. The van der Waals surface area contributed by atoms with Crippen molar-refractivity contribution < 1.29 is 9.59 Å². The highest BCUT2D eigenvalue weighted by atomic mass is 32.2. The van der Waals surface area contributed by atoms with Crippen molar-refractivity contribution in [2.45, 2.75) is 51.5 Å². The molecule has 9 heteroatoms. The number of para-hydroxylation sites is 1. The molecule has 4 aromatic carbocycles. The van der Waals surface area contributed by atoms with Gasteiger partial charge in [0, 0.05) is 20.4 Å². The first-order chi connectivity index (χ1) is 25.1. The third kappa shape index (κ3) is 6.87. The molecule has 252 valence electrons. The minimum Gasteiger partial charge on any atom is -0.315 e. The number of nitrogens with one attached hydrogen (secondary N) is 2. The van der Waals surface area contributed by atoms with Gasteiger partial charge in [0.15, 0.2) is 0 Å². The minimum absolute atomic E-state index is 0.107. The Morgan fingerprint density at radius 1 is 0.882 bits per heavy atom. The fraction of sp³-hybridized carbons (Fsp3) is 0.167. The molecule has 2 aliphatic carbocycles. The van der Waals surface area contributed by atoms with Gasteiger partial charge in [0.25, 0.3) is 0 Å². The molecule has 0 fully saturated rings. The monoisotopic (exact) mass is 722 g/mol. The summed E-state index contributed by atoms with van der Waals surface area (Å²) in [5.74, 6) is 0.203. The quantitative estimate of drug-likeness (QED) is 0.163. The SMILES string of the molecule is N#Cc1c(NC(=O)C(Sc2cccc(NC(=O)N3c4ccccc4SC4C=CC=CC43)c2)c2ccccc2)sc2c1CCC(c1ccccc1)C2. The Bertz CT molecular complexity index is 2190. The number of anilines is 3. The highest BCUT2D eigenvalue weighted by molar-refractivity contribution is 8.00. The molecule has 2 N–H and O–H groups in total. The summed E-state index contributed by atoms with van der Waals surface area (Å²) >= 11 is 4.72. The van der Waals surface area contributed by atoms with E-state index >= 15 is 0 Å². The Kier molecular flexibility index (Phi) is 9.55. The first-order valence-electron chi connectivity index (χ1n) is 17.0. The number of nitrogens with zero attached hydrogens (tertiary/aromatic N) is 2. The molecule has 3 amide bonds. The van der Waals surface area contributed by atoms with Gasteiger partial charge in [-0.3, -0.25) is 9.69 Å².